The number of likely N-dealkylation sites (N-methyl/N-ethyl adjacent to an activating group) is 2. The summed E-state index contributed by atoms with van der Waals surface area (Å²) in [6.07, 6.45) is 0. The van der Waals surface area contributed by atoms with Crippen molar-refractivity contribution in [3.05, 3.63) is 5.28 Å². The summed E-state index contributed by atoms with van der Waals surface area (Å²) in [5.41, 5.74) is 0. The Morgan fingerprint density at radius 1 is 1.21 bits per heavy atom. The molecule has 0 spiro atoms. The largest absolute Gasteiger partial charge is 0.355 e. The van der Waals surface area contributed by atoms with Crippen molar-refractivity contribution >= 4 is 29.4 Å². The molecular formula is C11H19ClN6O. The molecule has 0 aliphatic heterocycles. The Morgan fingerprint density at radius 3 is 2.37 bits per heavy atom. The Bertz CT molecular complexity index is 439. The van der Waals surface area contributed by atoms with Crippen LogP contribution in [0.15, 0.2) is 0 Å². The molecule has 106 valence electrons. The van der Waals surface area contributed by atoms with Gasteiger partial charge in [-0.1, -0.05) is 0 Å². The van der Waals surface area contributed by atoms with Crippen LogP contribution in [0.4, 0.5) is 11.9 Å². The van der Waals surface area contributed by atoms with E-state index in [1.165, 1.54) is 0 Å². The van der Waals surface area contributed by atoms with Crippen LogP contribution in [0.25, 0.3) is 0 Å². The first kappa shape index (κ1) is 15.4. The summed E-state index contributed by atoms with van der Waals surface area (Å²) in [6.45, 7) is 5.18. The lowest BCUT2D eigenvalue weighted by atomic mass is 10.4. The second-order valence-electron chi connectivity index (χ2n) is 4.07. The van der Waals surface area contributed by atoms with E-state index in [9.17, 15) is 4.79 Å². The first-order valence-electron chi connectivity index (χ1n) is 6.08. The molecule has 0 aromatic carbocycles. The van der Waals surface area contributed by atoms with Crippen LogP contribution in [-0.2, 0) is 4.79 Å². The van der Waals surface area contributed by atoms with Crippen molar-refractivity contribution in [3.8, 4) is 0 Å². The highest BCUT2D eigenvalue weighted by molar-refractivity contribution is 6.28. The number of rotatable bonds is 6. The summed E-state index contributed by atoms with van der Waals surface area (Å²) < 4.78 is 0. The molecule has 0 radical (unpaired) electrons. The molecule has 0 atom stereocenters. The molecule has 0 fully saturated rings. The zero-order chi connectivity index (χ0) is 14.4. The van der Waals surface area contributed by atoms with Crippen molar-refractivity contribution in [2.75, 3.05) is 43.5 Å². The number of hydrogen-bond acceptors (Lipinski definition) is 6. The van der Waals surface area contributed by atoms with Gasteiger partial charge in [0.1, 0.15) is 0 Å². The first-order valence-corrected chi connectivity index (χ1v) is 6.46. The van der Waals surface area contributed by atoms with Gasteiger partial charge in [0.2, 0.25) is 23.1 Å². The maximum absolute atomic E-state index is 11.6. The predicted molar refractivity (Wildman–Crippen MR) is 75.7 cm³/mol. The van der Waals surface area contributed by atoms with Gasteiger partial charge in [-0.3, -0.25) is 4.79 Å². The standard InChI is InChI=1S/C11H19ClN6O/c1-5-13-8(19)7-18(6-2)11-15-9(12)14-10(16-11)17(3)4/h5-7H2,1-4H3,(H,13,19). The zero-order valence-corrected chi connectivity index (χ0v) is 12.4. The molecule has 1 aromatic heterocycles. The van der Waals surface area contributed by atoms with Crippen LogP contribution in [0.5, 0.6) is 0 Å². The lowest BCUT2D eigenvalue weighted by Crippen LogP contribution is -2.38. The lowest BCUT2D eigenvalue weighted by Gasteiger charge is -2.21. The van der Waals surface area contributed by atoms with Gasteiger partial charge >= 0.3 is 0 Å². The SMILES string of the molecule is CCNC(=O)CN(CC)c1nc(Cl)nc(N(C)C)n1. The van der Waals surface area contributed by atoms with Crippen molar-refractivity contribution in [2.24, 2.45) is 0 Å². The second kappa shape index (κ2) is 7.08. The molecule has 1 aromatic rings. The van der Waals surface area contributed by atoms with Gasteiger partial charge in [-0.2, -0.15) is 15.0 Å². The highest BCUT2D eigenvalue weighted by Gasteiger charge is 2.15. The number of anilines is 2. The fraction of sp³-hybridized carbons (Fsp3) is 0.636. The Kier molecular flexibility index (Phi) is 5.75. The Balaban J connectivity index is 2.94. The fourth-order valence-corrected chi connectivity index (χ4v) is 1.57. The number of carbonyl (C=O) groups excluding carboxylic acids is 1. The first-order chi connectivity index (χ1) is 8.97. The van der Waals surface area contributed by atoms with Gasteiger partial charge in [-0.05, 0) is 25.4 Å². The molecule has 19 heavy (non-hydrogen) atoms. The van der Waals surface area contributed by atoms with Gasteiger partial charge in [-0.25, -0.2) is 0 Å². The Morgan fingerprint density at radius 2 is 1.84 bits per heavy atom. The fourth-order valence-electron chi connectivity index (χ4n) is 1.42. The van der Waals surface area contributed by atoms with Crippen LogP contribution in [0.2, 0.25) is 5.28 Å². The molecule has 8 heteroatoms. The van der Waals surface area contributed by atoms with Crippen molar-refractivity contribution in [1.29, 1.82) is 0 Å². The maximum Gasteiger partial charge on any atom is 0.239 e. The summed E-state index contributed by atoms with van der Waals surface area (Å²) in [4.78, 5) is 27.4. The Hall–Kier alpha value is -1.63. The molecule has 0 saturated heterocycles. The van der Waals surface area contributed by atoms with E-state index in [1.54, 1.807) is 9.80 Å². The van der Waals surface area contributed by atoms with Crippen LogP contribution in [-0.4, -0.2) is 54.6 Å². The second-order valence-corrected chi connectivity index (χ2v) is 4.40. The molecule has 0 unspecified atom stereocenters. The molecule has 0 bridgehead atoms. The predicted octanol–water partition coefficient (Wildman–Crippen LogP) is 0.553. The molecule has 1 rings (SSSR count). The molecular weight excluding hydrogens is 268 g/mol. The Labute approximate surface area is 118 Å². The molecule has 0 aliphatic carbocycles. The zero-order valence-electron chi connectivity index (χ0n) is 11.6. The van der Waals surface area contributed by atoms with Crippen LogP contribution < -0.4 is 15.1 Å². The molecule has 1 N–H and O–H groups in total. The molecule has 0 saturated carbocycles. The van der Waals surface area contributed by atoms with E-state index in [0.717, 1.165) is 0 Å². The minimum Gasteiger partial charge on any atom is -0.355 e. The monoisotopic (exact) mass is 286 g/mol. The van der Waals surface area contributed by atoms with Gasteiger partial charge in [-0.15, -0.1) is 0 Å². The topological polar surface area (TPSA) is 74.2 Å². The van der Waals surface area contributed by atoms with Gasteiger partial charge in [0.25, 0.3) is 0 Å². The van der Waals surface area contributed by atoms with Crippen molar-refractivity contribution in [1.82, 2.24) is 20.3 Å². The van der Waals surface area contributed by atoms with Crippen molar-refractivity contribution < 1.29 is 4.79 Å². The van der Waals surface area contributed by atoms with Crippen molar-refractivity contribution in [3.63, 3.8) is 0 Å². The smallest absolute Gasteiger partial charge is 0.239 e. The molecule has 1 heterocycles. The van der Waals surface area contributed by atoms with Crippen LogP contribution in [0.1, 0.15) is 13.8 Å². The summed E-state index contributed by atoms with van der Waals surface area (Å²) in [6, 6.07) is 0. The van der Waals surface area contributed by atoms with Gasteiger partial charge in [0.05, 0.1) is 6.54 Å². The number of carbonyl (C=O) groups is 1. The molecule has 1 amide bonds. The lowest BCUT2D eigenvalue weighted by molar-refractivity contribution is -0.119. The summed E-state index contributed by atoms with van der Waals surface area (Å²) in [5, 5.41) is 2.85. The van der Waals surface area contributed by atoms with Crippen LogP contribution in [0, 0.1) is 0 Å². The van der Waals surface area contributed by atoms with E-state index >= 15 is 0 Å². The van der Waals surface area contributed by atoms with E-state index in [-0.39, 0.29) is 17.7 Å². The average molecular weight is 287 g/mol. The van der Waals surface area contributed by atoms with E-state index in [0.29, 0.717) is 25.0 Å². The summed E-state index contributed by atoms with van der Waals surface area (Å²) >= 11 is 5.88. The maximum atomic E-state index is 11.6. The highest BCUT2D eigenvalue weighted by atomic mass is 35.5. The van der Waals surface area contributed by atoms with Gasteiger partial charge < -0.3 is 15.1 Å². The molecule has 0 aliphatic rings. The van der Waals surface area contributed by atoms with Gasteiger partial charge in [0.15, 0.2) is 0 Å². The average Bonchev–Trinajstić information content (AvgIpc) is 2.35. The van der Waals surface area contributed by atoms with E-state index in [1.807, 2.05) is 27.9 Å². The van der Waals surface area contributed by atoms with E-state index < -0.39 is 0 Å². The quantitative estimate of drug-likeness (QED) is 0.823. The number of halogens is 1. The normalized spacial score (nSPS) is 10.2. The van der Waals surface area contributed by atoms with Gasteiger partial charge in [0, 0.05) is 27.2 Å². The minimum absolute atomic E-state index is 0.0766. The number of amides is 1. The molecule has 7 nitrogen and oxygen atoms in total. The number of nitrogens with zero attached hydrogens (tertiary/aromatic N) is 5. The van der Waals surface area contributed by atoms with E-state index in [2.05, 4.69) is 20.3 Å². The third kappa shape index (κ3) is 4.51. The van der Waals surface area contributed by atoms with Crippen molar-refractivity contribution in [2.45, 2.75) is 13.8 Å². The minimum atomic E-state index is -0.0766. The third-order valence-corrected chi connectivity index (χ3v) is 2.53. The van der Waals surface area contributed by atoms with Crippen LogP contribution >= 0.6 is 11.6 Å². The number of hydrogen-bond donors (Lipinski definition) is 1. The number of nitrogens with one attached hydrogen (secondary N) is 1. The summed E-state index contributed by atoms with van der Waals surface area (Å²) in [7, 11) is 3.63. The highest BCUT2D eigenvalue weighted by Crippen LogP contribution is 2.14. The summed E-state index contributed by atoms with van der Waals surface area (Å²) in [5.74, 6) is 0.786. The van der Waals surface area contributed by atoms with E-state index in [4.69, 9.17) is 11.6 Å². The third-order valence-electron chi connectivity index (χ3n) is 2.36. The number of aromatic nitrogens is 3. The van der Waals surface area contributed by atoms with Crippen LogP contribution in [0.3, 0.4) is 0 Å².